The van der Waals surface area contributed by atoms with Crippen molar-refractivity contribution in [1.29, 1.82) is 0 Å². The number of pyridine rings is 2. The van der Waals surface area contributed by atoms with E-state index in [9.17, 15) is 23.9 Å². The lowest BCUT2D eigenvalue weighted by Gasteiger charge is -2.39. The second-order valence-corrected chi connectivity index (χ2v) is 17.8. The van der Waals surface area contributed by atoms with E-state index < -0.39 is 34.6 Å². The fourth-order valence-electron chi connectivity index (χ4n) is 7.40. The number of rotatable bonds is 14. The Morgan fingerprint density at radius 1 is 0.983 bits per heavy atom. The SMILES string of the molecule is CN(C)Cc1nc(Nc2ccc(-c3cnc4cc(F)ccn34)c3c2C(=O)N(C(=O)OC(C)(C)C)C3)ccc1N1CCC(O)(COCCCCCC(=O)OC(C)(C)C)CC1. The number of hydrogen-bond acceptors (Lipinski definition) is 12. The molecule has 1 saturated heterocycles. The Morgan fingerprint density at radius 3 is 2.41 bits per heavy atom. The van der Waals surface area contributed by atoms with Crippen LogP contribution < -0.4 is 10.2 Å². The lowest BCUT2D eigenvalue weighted by molar-refractivity contribution is -0.154. The van der Waals surface area contributed by atoms with Gasteiger partial charge in [0.15, 0.2) is 0 Å². The van der Waals surface area contributed by atoms with Crippen LogP contribution in [0.3, 0.4) is 0 Å². The Kier molecular flexibility index (Phi) is 13.0. The number of imidazole rings is 1. The van der Waals surface area contributed by atoms with Crippen molar-refractivity contribution in [2.45, 2.75) is 110 Å². The Hall–Kier alpha value is -5.12. The topological polar surface area (TPSA) is 151 Å². The fourth-order valence-corrected chi connectivity index (χ4v) is 7.40. The van der Waals surface area contributed by atoms with Crippen molar-refractivity contribution in [3.05, 3.63) is 71.4 Å². The van der Waals surface area contributed by atoms with Crippen LogP contribution >= 0.6 is 0 Å². The maximum atomic E-state index is 14.1. The molecule has 3 aromatic heterocycles. The van der Waals surface area contributed by atoms with Crippen molar-refractivity contribution in [3.63, 3.8) is 0 Å². The zero-order valence-electron chi connectivity index (χ0n) is 35.6. The lowest BCUT2D eigenvalue weighted by atomic mass is 9.92. The third-order valence-corrected chi connectivity index (χ3v) is 10.1. The number of benzene rings is 1. The molecule has 0 atom stereocenters. The number of aromatic nitrogens is 3. The van der Waals surface area contributed by atoms with Gasteiger partial charge >= 0.3 is 12.1 Å². The molecule has 15 heteroatoms. The van der Waals surface area contributed by atoms with Crippen LogP contribution in [-0.4, -0.2) is 104 Å². The van der Waals surface area contributed by atoms with E-state index in [2.05, 4.69) is 15.2 Å². The van der Waals surface area contributed by atoms with Crippen molar-refractivity contribution in [2.24, 2.45) is 0 Å². The van der Waals surface area contributed by atoms with E-state index in [1.165, 1.54) is 12.1 Å². The summed E-state index contributed by atoms with van der Waals surface area (Å²) in [5.41, 5.74) is 2.66. The van der Waals surface area contributed by atoms with Crippen LogP contribution in [0.25, 0.3) is 16.9 Å². The predicted octanol–water partition coefficient (Wildman–Crippen LogP) is 7.48. The second kappa shape index (κ2) is 17.6. The van der Waals surface area contributed by atoms with Gasteiger partial charge in [-0.2, -0.15) is 0 Å². The molecule has 0 radical (unpaired) electrons. The van der Waals surface area contributed by atoms with Crippen LogP contribution in [0, 0.1) is 5.82 Å². The second-order valence-electron chi connectivity index (χ2n) is 17.8. The lowest BCUT2D eigenvalue weighted by Crippen LogP contribution is -2.47. The quantitative estimate of drug-likeness (QED) is 0.0960. The number of imide groups is 1. The molecule has 2 aliphatic rings. The Labute approximate surface area is 345 Å². The van der Waals surface area contributed by atoms with E-state index in [-0.39, 0.29) is 19.1 Å². The van der Waals surface area contributed by atoms with Crippen LogP contribution in [0.15, 0.2) is 48.8 Å². The maximum absolute atomic E-state index is 14.1. The van der Waals surface area contributed by atoms with Crippen LogP contribution in [0.4, 0.5) is 26.4 Å². The molecular weight excluding hydrogens is 758 g/mol. The number of esters is 1. The molecule has 0 spiro atoms. The van der Waals surface area contributed by atoms with Crippen molar-refractivity contribution in [3.8, 4) is 11.3 Å². The Morgan fingerprint density at radius 2 is 1.71 bits per heavy atom. The fraction of sp³-hybridized carbons (Fsp3) is 0.523. The molecule has 2 amide bonds. The van der Waals surface area contributed by atoms with Crippen molar-refractivity contribution < 1.29 is 38.1 Å². The number of carbonyl (C=O) groups excluding carboxylic acids is 3. The molecule has 14 nitrogen and oxygen atoms in total. The molecule has 2 aliphatic heterocycles. The molecule has 59 heavy (non-hydrogen) atoms. The van der Waals surface area contributed by atoms with Crippen LogP contribution in [0.5, 0.6) is 0 Å². The van der Waals surface area contributed by atoms with Gasteiger partial charge in [-0.05, 0) is 111 Å². The third kappa shape index (κ3) is 10.9. The number of piperidine rings is 1. The monoisotopic (exact) mass is 815 g/mol. The number of unbranched alkanes of at least 4 members (excludes halogenated alkanes) is 2. The third-order valence-electron chi connectivity index (χ3n) is 10.1. The molecule has 6 rings (SSSR count). The van der Waals surface area contributed by atoms with E-state index in [4.69, 9.17) is 19.2 Å². The first-order valence-corrected chi connectivity index (χ1v) is 20.3. The number of nitrogens with one attached hydrogen (secondary N) is 1. The minimum Gasteiger partial charge on any atom is -0.460 e. The van der Waals surface area contributed by atoms with Gasteiger partial charge in [0, 0.05) is 50.5 Å². The zero-order valence-corrected chi connectivity index (χ0v) is 35.6. The standard InChI is InChI=1S/C44H58FN7O7/c1-42(2,3)58-38(53)12-10-9-11-23-57-28-44(56)18-21-50(22-19-44)34-15-16-36(48-33(34)27-49(7)8)47-32-14-13-30(35-25-46-37-24-29(45)17-20-51(35)37)31-26-52(40(54)39(31)32)41(55)59-43(4,5)6/h13-17,20,24-25,56H,9-12,18-19,21-23,26-28H2,1-8H3,(H,47,48). The van der Waals surface area contributed by atoms with Gasteiger partial charge in [0.25, 0.3) is 5.91 Å². The first-order valence-electron chi connectivity index (χ1n) is 20.3. The molecule has 4 aromatic rings. The summed E-state index contributed by atoms with van der Waals surface area (Å²) in [7, 11) is 3.94. The predicted molar refractivity (Wildman–Crippen MR) is 223 cm³/mol. The highest BCUT2D eigenvalue weighted by molar-refractivity contribution is 6.11. The summed E-state index contributed by atoms with van der Waals surface area (Å²) in [5.74, 6) is -0.593. The number of carbonyl (C=O) groups is 3. The van der Waals surface area contributed by atoms with E-state index in [1.807, 2.05) is 58.0 Å². The summed E-state index contributed by atoms with van der Waals surface area (Å²) in [5, 5.41) is 14.7. The van der Waals surface area contributed by atoms with Gasteiger partial charge in [0.1, 0.15) is 28.5 Å². The van der Waals surface area contributed by atoms with E-state index in [1.54, 1.807) is 43.6 Å². The first-order chi connectivity index (χ1) is 27.8. The molecular formula is C44H58FN7O7. The van der Waals surface area contributed by atoms with Crippen molar-refractivity contribution in [2.75, 3.05) is 50.6 Å². The van der Waals surface area contributed by atoms with Gasteiger partial charge in [0.2, 0.25) is 0 Å². The van der Waals surface area contributed by atoms with Gasteiger partial charge < -0.3 is 34.4 Å². The minimum absolute atomic E-state index is 0.0250. The average Bonchev–Trinajstić information content (AvgIpc) is 3.71. The highest BCUT2D eigenvalue weighted by atomic mass is 19.1. The molecule has 0 bridgehead atoms. The van der Waals surface area contributed by atoms with E-state index >= 15 is 0 Å². The first kappa shape index (κ1) is 43.5. The summed E-state index contributed by atoms with van der Waals surface area (Å²) in [4.78, 5) is 54.2. The number of hydrogen-bond donors (Lipinski definition) is 2. The molecule has 1 fully saturated rings. The number of amides is 2. The normalized spacial score (nSPS) is 15.5. The van der Waals surface area contributed by atoms with Crippen molar-refractivity contribution in [1.82, 2.24) is 24.2 Å². The number of aliphatic hydroxyl groups is 1. The molecule has 318 valence electrons. The number of anilines is 3. The summed E-state index contributed by atoms with van der Waals surface area (Å²) in [6.07, 6.45) is 6.30. The van der Waals surface area contributed by atoms with Gasteiger partial charge in [-0.15, -0.1) is 0 Å². The number of fused-ring (bicyclic) bond motifs is 2. The number of ether oxygens (including phenoxy) is 3. The number of halogens is 1. The minimum atomic E-state index is -0.935. The van der Waals surface area contributed by atoms with Gasteiger partial charge in [0.05, 0.1) is 53.3 Å². The molecule has 0 saturated carbocycles. The van der Waals surface area contributed by atoms with Gasteiger partial charge in [-0.1, -0.05) is 12.5 Å². The Bertz CT molecular complexity index is 2170. The molecule has 0 aliphatic carbocycles. The zero-order chi connectivity index (χ0) is 42.7. The maximum Gasteiger partial charge on any atom is 0.417 e. The summed E-state index contributed by atoms with van der Waals surface area (Å²) in [6.45, 7) is 13.3. The smallest absolute Gasteiger partial charge is 0.417 e. The molecule has 5 heterocycles. The number of nitrogens with zero attached hydrogens (tertiary/aromatic N) is 6. The summed E-state index contributed by atoms with van der Waals surface area (Å²) < 4.78 is 32.7. The van der Waals surface area contributed by atoms with Crippen LogP contribution in [0.2, 0.25) is 0 Å². The van der Waals surface area contributed by atoms with E-state index in [0.29, 0.717) is 85.0 Å². The van der Waals surface area contributed by atoms with Gasteiger partial charge in [-0.25, -0.2) is 24.1 Å². The van der Waals surface area contributed by atoms with Gasteiger partial charge in [-0.3, -0.25) is 14.0 Å². The van der Waals surface area contributed by atoms with E-state index in [0.717, 1.165) is 35.5 Å². The highest BCUT2D eigenvalue weighted by Gasteiger charge is 2.39. The summed E-state index contributed by atoms with van der Waals surface area (Å²) in [6, 6.07) is 10.2. The molecule has 0 unspecified atom stereocenters. The largest absolute Gasteiger partial charge is 0.460 e. The van der Waals surface area contributed by atoms with Crippen LogP contribution in [0.1, 0.15) is 102 Å². The summed E-state index contributed by atoms with van der Waals surface area (Å²) >= 11 is 0. The molecule has 1 aromatic carbocycles. The van der Waals surface area contributed by atoms with Crippen LogP contribution in [-0.2, 0) is 32.1 Å². The Balaban J connectivity index is 1.15. The highest BCUT2D eigenvalue weighted by Crippen LogP contribution is 2.39. The average molecular weight is 816 g/mol. The van der Waals surface area contributed by atoms with Crippen molar-refractivity contribution >= 4 is 40.8 Å². The molecule has 2 N–H and O–H groups in total.